The lowest BCUT2D eigenvalue weighted by Gasteiger charge is -2.37. The largest absolute Gasteiger partial charge is 0.492 e. The highest BCUT2D eigenvalue weighted by atomic mass is 35.5. The van der Waals surface area contributed by atoms with Crippen molar-refractivity contribution in [2.45, 2.75) is 19.4 Å². The maximum atomic E-state index is 12.5. The van der Waals surface area contributed by atoms with E-state index in [1.807, 2.05) is 41.8 Å². The molecule has 2 saturated heterocycles. The first-order valence-corrected chi connectivity index (χ1v) is 9.99. The zero-order chi connectivity index (χ0) is 16.8. The van der Waals surface area contributed by atoms with Gasteiger partial charge in [-0.15, -0.1) is 24.8 Å². The molecule has 0 saturated carbocycles. The van der Waals surface area contributed by atoms with Crippen LogP contribution in [0, 0.1) is 0 Å². The number of carbonyl (C=O) groups is 1. The summed E-state index contributed by atoms with van der Waals surface area (Å²) in [7, 11) is 0. The Morgan fingerprint density at radius 3 is 2.62 bits per heavy atom. The molecule has 2 heterocycles. The van der Waals surface area contributed by atoms with Gasteiger partial charge in [-0.3, -0.25) is 4.79 Å². The number of halogens is 2. The lowest BCUT2D eigenvalue weighted by Crippen LogP contribution is -2.50. The van der Waals surface area contributed by atoms with E-state index >= 15 is 0 Å². The van der Waals surface area contributed by atoms with Crippen LogP contribution in [0.25, 0.3) is 0 Å². The van der Waals surface area contributed by atoms with E-state index in [0.717, 1.165) is 55.7 Å². The van der Waals surface area contributed by atoms with Gasteiger partial charge in [-0.25, -0.2) is 0 Å². The highest BCUT2D eigenvalue weighted by molar-refractivity contribution is 7.99. The van der Waals surface area contributed by atoms with Crippen LogP contribution >= 0.6 is 36.6 Å². The number of carbonyl (C=O) groups excluding carboxylic acids is 1. The number of benzene rings is 1. The molecule has 148 valence electrons. The van der Waals surface area contributed by atoms with Crippen LogP contribution in [-0.2, 0) is 4.79 Å². The molecule has 2 fully saturated rings. The fourth-order valence-electron chi connectivity index (χ4n) is 3.28. The van der Waals surface area contributed by atoms with Crippen molar-refractivity contribution in [2.75, 3.05) is 55.7 Å². The van der Waals surface area contributed by atoms with Crippen LogP contribution in [0.2, 0.25) is 0 Å². The van der Waals surface area contributed by atoms with Crippen LogP contribution < -0.4 is 15.0 Å². The van der Waals surface area contributed by atoms with E-state index in [4.69, 9.17) is 4.74 Å². The molecule has 0 aliphatic carbocycles. The maximum absolute atomic E-state index is 12.5. The number of nitrogens with zero attached hydrogens (tertiary/aromatic N) is 2. The molecule has 2 aliphatic heterocycles. The van der Waals surface area contributed by atoms with Crippen molar-refractivity contribution < 1.29 is 9.53 Å². The van der Waals surface area contributed by atoms with E-state index in [2.05, 4.69) is 16.3 Å². The smallest absolute Gasteiger partial charge is 0.224 e. The number of anilines is 1. The Kier molecular flexibility index (Phi) is 10.5. The van der Waals surface area contributed by atoms with Crippen LogP contribution in [0.15, 0.2) is 24.3 Å². The number of nitrogens with one attached hydrogen (secondary N) is 1. The Bertz CT molecular complexity index is 551. The van der Waals surface area contributed by atoms with Crippen molar-refractivity contribution in [3.05, 3.63) is 24.3 Å². The molecule has 8 heteroatoms. The van der Waals surface area contributed by atoms with Crippen molar-refractivity contribution in [3.8, 4) is 5.75 Å². The summed E-state index contributed by atoms with van der Waals surface area (Å²) in [5.74, 6) is 3.42. The van der Waals surface area contributed by atoms with Crippen molar-refractivity contribution in [2.24, 2.45) is 0 Å². The fraction of sp³-hybridized carbons (Fsp3) is 0.611. The molecule has 26 heavy (non-hydrogen) atoms. The quantitative estimate of drug-likeness (QED) is 0.791. The third kappa shape index (κ3) is 6.12. The number of hydrogen-bond acceptors (Lipinski definition) is 5. The van der Waals surface area contributed by atoms with Gasteiger partial charge in [0.2, 0.25) is 5.91 Å². The Hall–Kier alpha value is -0.820. The predicted octanol–water partition coefficient (Wildman–Crippen LogP) is 2.67. The summed E-state index contributed by atoms with van der Waals surface area (Å²) >= 11 is 1.94. The molecule has 1 aromatic carbocycles. The summed E-state index contributed by atoms with van der Waals surface area (Å²) in [6, 6.07) is 8.51. The standard InChI is InChI=1S/C18H27N3O2S.2ClH/c1-2-23-17-6-4-3-5-16(17)20-8-10-21(11-9-20)18(22)13-15-14-24-12-7-19-15;;/h3-6,15,19H,2,7-14H2,1H3;2*1H. The summed E-state index contributed by atoms with van der Waals surface area (Å²) in [6.45, 7) is 7.00. The summed E-state index contributed by atoms with van der Waals surface area (Å²) < 4.78 is 5.73. The minimum atomic E-state index is 0. The Labute approximate surface area is 173 Å². The van der Waals surface area contributed by atoms with Crippen LogP contribution in [0.5, 0.6) is 5.75 Å². The Morgan fingerprint density at radius 2 is 1.96 bits per heavy atom. The minimum absolute atomic E-state index is 0. The summed E-state index contributed by atoms with van der Waals surface area (Å²) in [5, 5.41) is 3.45. The summed E-state index contributed by atoms with van der Waals surface area (Å²) in [4.78, 5) is 16.8. The first-order chi connectivity index (χ1) is 11.8. The van der Waals surface area contributed by atoms with Crippen molar-refractivity contribution >= 4 is 48.2 Å². The third-order valence-electron chi connectivity index (χ3n) is 4.56. The summed E-state index contributed by atoms with van der Waals surface area (Å²) in [5.41, 5.74) is 1.14. The summed E-state index contributed by atoms with van der Waals surface area (Å²) in [6.07, 6.45) is 0.628. The van der Waals surface area contributed by atoms with Crippen LogP contribution in [0.3, 0.4) is 0 Å². The molecule has 1 N–H and O–H groups in total. The maximum Gasteiger partial charge on any atom is 0.224 e. The van der Waals surface area contributed by atoms with Crippen LogP contribution in [0.4, 0.5) is 5.69 Å². The van der Waals surface area contributed by atoms with Gasteiger partial charge in [0.25, 0.3) is 0 Å². The van der Waals surface area contributed by atoms with Gasteiger partial charge < -0.3 is 19.9 Å². The number of hydrogen-bond donors (Lipinski definition) is 1. The van der Waals surface area contributed by atoms with Crippen LogP contribution in [-0.4, -0.2) is 67.7 Å². The van der Waals surface area contributed by atoms with Crippen LogP contribution in [0.1, 0.15) is 13.3 Å². The number of amides is 1. The molecule has 1 aromatic rings. The molecule has 0 radical (unpaired) electrons. The SMILES string of the molecule is CCOc1ccccc1N1CCN(C(=O)CC2CSCCN2)CC1.Cl.Cl. The average Bonchev–Trinajstić information content (AvgIpc) is 2.63. The van der Waals surface area contributed by atoms with E-state index in [1.54, 1.807) is 0 Å². The normalized spacial score (nSPS) is 20.0. The van der Waals surface area contributed by atoms with Gasteiger partial charge in [0.15, 0.2) is 0 Å². The highest BCUT2D eigenvalue weighted by Gasteiger charge is 2.25. The number of ether oxygens (including phenoxy) is 1. The molecule has 1 unspecified atom stereocenters. The lowest BCUT2D eigenvalue weighted by molar-refractivity contribution is -0.131. The number of para-hydroxylation sites is 2. The number of rotatable bonds is 5. The second-order valence-corrected chi connectivity index (χ2v) is 7.35. The molecule has 1 atom stereocenters. The molecule has 2 aliphatic rings. The van der Waals surface area contributed by atoms with E-state index < -0.39 is 0 Å². The monoisotopic (exact) mass is 421 g/mol. The van der Waals surface area contributed by atoms with Gasteiger partial charge >= 0.3 is 0 Å². The van der Waals surface area contributed by atoms with Crippen molar-refractivity contribution in [1.82, 2.24) is 10.2 Å². The lowest BCUT2D eigenvalue weighted by atomic mass is 10.1. The van der Waals surface area contributed by atoms with Crippen molar-refractivity contribution in [1.29, 1.82) is 0 Å². The molecular formula is C18H29Cl2N3O2S. The molecule has 1 amide bonds. The van der Waals surface area contributed by atoms with E-state index in [-0.39, 0.29) is 30.7 Å². The van der Waals surface area contributed by atoms with Gasteiger partial charge in [0, 0.05) is 56.7 Å². The molecule has 0 spiro atoms. The third-order valence-corrected chi connectivity index (χ3v) is 5.69. The van der Waals surface area contributed by atoms with E-state index in [1.165, 1.54) is 0 Å². The fourth-order valence-corrected chi connectivity index (χ4v) is 4.23. The zero-order valence-corrected chi connectivity index (χ0v) is 17.6. The number of piperazine rings is 1. The van der Waals surface area contributed by atoms with Gasteiger partial charge in [-0.2, -0.15) is 11.8 Å². The molecule has 3 rings (SSSR count). The average molecular weight is 422 g/mol. The number of thioether (sulfide) groups is 1. The second-order valence-electron chi connectivity index (χ2n) is 6.20. The van der Waals surface area contributed by atoms with Gasteiger partial charge in [-0.05, 0) is 19.1 Å². The minimum Gasteiger partial charge on any atom is -0.492 e. The van der Waals surface area contributed by atoms with E-state index in [0.29, 0.717) is 19.1 Å². The van der Waals surface area contributed by atoms with E-state index in [9.17, 15) is 4.79 Å². The first kappa shape index (κ1) is 23.2. The zero-order valence-electron chi connectivity index (χ0n) is 15.2. The molecule has 5 nitrogen and oxygen atoms in total. The predicted molar refractivity (Wildman–Crippen MR) is 115 cm³/mol. The highest BCUT2D eigenvalue weighted by Crippen LogP contribution is 2.28. The first-order valence-electron chi connectivity index (χ1n) is 8.83. The molecule has 0 aromatic heterocycles. The second kappa shape index (κ2) is 11.8. The van der Waals surface area contributed by atoms with Gasteiger partial charge in [-0.1, -0.05) is 12.1 Å². The Morgan fingerprint density at radius 1 is 1.23 bits per heavy atom. The topological polar surface area (TPSA) is 44.8 Å². The molecule has 0 bridgehead atoms. The Balaban J connectivity index is 0.00000169. The van der Waals surface area contributed by atoms with Gasteiger partial charge in [0.1, 0.15) is 5.75 Å². The van der Waals surface area contributed by atoms with Crippen molar-refractivity contribution in [3.63, 3.8) is 0 Å². The molecular weight excluding hydrogens is 393 g/mol. The van der Waals surface area contributed by atoms with Gasteiger partial charge in [0.05, 0.1) is 12.3 Å².